The minimum Gasteiger partial charge on any atom is -0.507 e. The Labute approximate surface area is 144 Å². The number of phenols is 1. The van der Waals surface area contributed by atoms with Gasteiger partial charge in [0, 0.05) is 18.0 Å². The van der Waals surface area contributed by atoms with Gasteiger partial charge in [-0.25, -0.2) is 0 Å². The van der Waals surface area contributed by atoms with Crippen molar-refractivity contribution in [2.24, 2.45) is 9.98 Å². The van der Waals surface area contributed by atoms with Crippen LogP contribution in [0.4, 0.5) is 0 Å². The highest BCUT2D eigenvalue weighted by atomic mass is 16.3. The first kappa shape index (κ1) is 17.9. The molecule has 2 aromatic carbocycles. The van der Waals surface area contributed by atoms with Gasteiger partial charge in [0.05, 0.1) is 12.1 Å². The van der Waals surface area contributed by atoms with Crippen molar-refractivity contribution in [2.45, 2.75) is 45.2 Å². The summed E-state index contributed by atoms with van der Waals surface area (Å²) in [5, 5.41) is 9.87. The summed E-state index contributed by atoms with van der Waals surface area (Å²) in [6.07, 6.45) is 6.70. The first-order valence-corrected chi connectivity index (χ1v) is 8.64. The molecule has 24 heavy (non-hydrogen) atoms. The fourth-order valence-corrected chi connectivity index (χ4v) is 2.63. The van der Waals surface area contributed by atoms with E-state index in [-0.39, 0.29) is 17.8 Å². The number of phenolic OH excluding ortho intramolecular Hbond substituents is 1. The molecule has 0 saturated carbocycles. The van der Waals surface area contributed by atoms with E-state index in [0.29, 0.717) is 0 Å². The van der Waals surface area contributed by atoms with E-state index in [2.05, 4.69) is 26.0 Å². The van der Waals surface area contributed by atoms with Crippen LogP contribution in [0.1, 0.15) is 44.2 Å². The molecule has 0 radical (unpaired) electrons. The van der Waals surface area contributed by atoms with E-state index in [1.54, 1.807) is 12.3 Å². The standard InChI is InChI=1S/C21H26N2O/c1-3-10-20(22-15-17-11-6-5-7-12-17)19(4-2)23-16-18-13-8-9-14-21(18)24/h5-9,11-16,19-20,24H,3-4,10H2,1-2H3/b22-15+,23-16+/t19-,20?/m1/s1. The van der Waals surface area contributed by atoms with Gasteiger partial charge >= 0.3 is 0 Å². The summed E-state index contributed by atoms with van der Waals surface area (Å²) in [6.45, 7) is 4.30. The summed E-state index contributed by atoms with van der Waals surface area (Å²) in [4.78, 5) is 9.49. The Kier molecular flexibility index (Phi) is 7.21. The van der Waals surface area contributed by atoms with Crippen molar-refractivity contribution in [3.63, 3.8) is 0 Å². The molecule has 0 heterocycles. The van der Waals surface area contributed by atoms with E-state index < -0.39 is 0 Å². The highest BCUT2D eigenvalue weighted by molar-refractivity contribution is 5.83. The SMILES string of the molecule is CCCC(/N=C/c1ccccc1)[C@@H](CC)/N=C/c1ccccc1O. The Morgan fingerprint density at radius 1 is 0.875 bits per heavy atom. The molecule has 3 nitrogen and oxygen atoms in total. The maximum atomic E-state index is 9.87. The number of benzene rings is 2. The molecular weight excluding hydrogens is 296 g/mol. The molecule has 0 amide bonds. The minimum atomic E-state index is 0.115. The van der Waals surface area contributed by atoms with Crippen molar-refractivity contribution in [3.8, 4) is 5.75 Å². The van der Waals surface area contributed by atoms with Crippen molar-refractivity contribution in [3.05, 3.63) is 65.7 Å². The van der Waals surface area contributed by atoms with Crippen LogP contribution >= 0.6 is 0 Å². The number of aliphatic imine (C=N–C) groups is 2. The molecule has 1 N–H and O–H groups in total. The number of para-hydroxylation sites is 1. The summed E-state index contributed by atoms with van der Waals surface area (Å²) in [7, 11) is 0. The van der Waals surface area contributed by atoms with Crippen LogP contribution in [-0.2, 0) is 0 Å². The molecular formula is C21H26N2O. The molecule has 0 saturated heterocycles. The van der Waals surface area contributed by atoms with Gasteiger partial charge in [-0.05, 0) is 30.5 Å². The lowest BCUT2D eigenvalue weighted by Gasteiger charge is -2.19. The van der Waals surface area contributed by atoms with Crippen molar-refractivity contribution in [1.82, 2.24) is 0 Å². The molecule has 0 aliphatic carbocycles. The van der Waals surface area contributed by atoms with E-state index in [4.69, 9.17) is 9.98 Å². The molecule has 0 aromatic heterocycles. The summed E-state index contributed by atoms with van der Waals surface area (Å²) in [5.41, 5.74) is 1.86. The van der Waals surface area contributed by atoms with Gasteiger partial charge < -0.3 is 5.11 Å². The molecule has 2 rings (SSSR count). The Hall–Kier alpha value is -2.42. The monoisotopic (exact) mass is 322 g/mol. The second-order valence-electron chi connectivity index (χ2n) is 5.86. The molecule has 126 valence electrons. The fourth-order valence-electron chi connectivity index (χ4n) is 2.63. The Balaban J connectivity index is 2.14. The predicted octanol–water partition coefficient (Wildman–Crippen LogP) is 4.88. The largest absolute Gasteiger partial charge is 0.507 e. The van der Waals surface area contributed by atoms with E-state index in [0.717, 1.165) is 30.4 Å². The zero-order valence-electron chi connectivity index (χ0n) is 14.5. The molecule has 2 aromatic rings. The highest BCUT2D eigenvalue weighted by Crippen LogP contribution is 2.17. The Morgan fingerprint density at radius 2 is 1.54 bits per heavy atom. The van der Waals surface area contributed by atoms with Gasteiger partial charge in [-0.2, -0.15) is 0 Å². The van der Waals surface area contributed by atoms with Gasteiger partial charge in [-0.3, -0.25) is 9.98 Å². The minimum absolute atomic E-state index is 0.115. The summed E-state index contributed by atoms with van der Waals surface area (Å²) in [5.74, 6) is 0.260. The Bertz CT molecular complexity index is 665. The first-order valence-electron chi connectivity index (χ1n) is 8.64. The molecule has 1 unspecified atom stereocenters. The molecule has 0 spiro atoms. The topological polar surface area (TPSA) is 45.0 Å². The van der Waals surface area contributed by atoms with Crippen LogP contribution in [0, 0.1) is 0 Å². The van der Waals surface area contributed by atoms with Gasteiger partial charge in [0.1, 0.15) is 5.75 Å². The zero-order chi connectivity index (χ0) is 17.2. The van der Waals surface area contributed by atoms with Crippen LogP contribution in [0.5, 0.6) is 5.75 Å². The van der Waals surface area contributed by atoms with Gasteiger partial charge in [0.15, 0.2) is 0 Å². The van der Waals surface area contributed by atoms with Crippen molar-refractivity contribution < 1.29 is 5.11 Å². The molecule has 0 fully saturated rings. The van der Waals surface area contributed by atoms with Crippen LogP contribution in [0.25, 0.3) is 0 Å². The molecule has 0 aliphatic rings. The predicted molar refractivity (Wildman–Crippen MR) is 103 cm³/mol. The Morgan fingerprint density at radius 3 is 2.21 bits per heavy atom. The quantitative estimate of drug-likeness (QED) is 0.692. The maximum Gasteiger partial charge on any atom is 0.124 e. The van der Waals surface area contributed by atoms with Crippen LogP contribution in [0.2, 0.25) is 0 Å². The van der Waals surface area contributed by atoms with E-state index in [1.807, 2.05) is 42.6 Å². The van der Waals surface area contributed by atoms with Crippen molar-refractivity contribution in [2.75, 3.05) is 0 Å². The lowest BCUT2D eigenvalue weighted by Crippen LogP contribution is -2.22. The molecule has 0 aliphatic heterocycles. The van der Waals surface area contributed by atoms with E-state index in [1.165, 1.54) is 0 Å². The normalized spacial score (nSPS) is 14.2. The smallest absolute Gasteiger partial charge is 0.124 e. The molecule has 0 bridgehead atoms. The lowest BCUT2D eigenvalue weighted by molar-refractivity contribution is 0.473. The number of hydrogen-bond acceptors (Lipinski definition) is 3. The highest BCUT2D eigenvalue weighted by Gasteiger charge is 2.16. The average Bonchev–Trinajstić information content (AvgIpc) is 2.62. The van der Waals surface area contributed by atoms with Crippen LogP contribution < -0.4 is 0 Å². The van der Waals surface area contributed by atoms with Gasteiger partial charge in [-0.1, -0.05) is 62.7 Å². The van der Waals surface area contributed by atoms with E-state index in [9.17, 15) is 5.11 Å². The summed E-state index contributed by atoms with van der Waals surface area (Å²) in [6, 6.07) is 17.7. The third kappa shape index (κ3) is 5.34. The first-order chi connectivity index (χ1) is 11.7. The second kappa shape index (κ2) is 9.66. The van der Waals surface area contributed by atoms with Crippen LogP contribution in [-0.4, -0.2) is 29.6 Å². The summed E-state index contributed by atoms with van der Waals surface area (Å²) < 4.78 is 0. The van der Waals surface area contributed by atoms with Gasteiger partial charge in [0.2, 0.25) is 0 Å². The number of aromatic hydroxyl groups is 1. The third-order valence-electron chi connectivity index (χ3n) is 4.00. The number of hydrogen-bond donors (Lipinski definition) is 1. The van der Waals surface area contributed by atoms with Crippen molar-refractivity contribution >= 4 is 12.4 Å². The molecule has 3 heteroatoms. The maximum absolute atomic E-state index is 9.87. The number of rotatable bonds is 8. The van der Waals surface area contributed by atoms with Crippen LogP contribution in [0.3, 0.4) is 0 Å². The second-order valence-corrected chi connectivity index (χ2v) is 5.86. The zero-order valence-corrected chi connectivity index (χ0v) is 14.5. The average molecular weight is 322 g/mol. The number of nitrogens with zero attached hydrogens (tertiary/aromatic N) is 2. The van der Waals surface area contributed by atoms with Gasteiger partial charge in [0.25, 0.3) is 0 Å². The fraction of sp³-hybridized carbons (Fsp3) is 0.333. The van der Waals surface area contributed by atoms with E-state index >= 15 is 0 Å². The summed E-state index contributed by atoms with van der Waals surface area (Å²) >= 11 is 0. The molecule has 2 atom stereocenters. The van der Waals surface area contributed by atoms with Gasteiger partial charge in [-0.15, -0.1) is 0 Å². The third-order valence-corrected chi connectivity index (χ3v) is 4.00. The van der Waals surface area contributed by atoms with Crippen molar-refractivity contribution in [1.29, 1.82) is 0 Å². The lowest BCUT2D eigenvalue weighted by atomic mass is 10.0. The van der Waals surface area contributed by atoms with Crippen LogP contribution in [0.15, 0.2) is 64.6 Å².